The molecule has 0 unspecified atom stereocenters. The van der Waals surface area contributed by atoms with E-state index in [1.54, 1.807) is 12.1 Å². The van der Waals surface area contributed by atoms with Crippen molar-refractivity contribution in [3.63, 3.8) is 0 Å². The van der Waals surface area contributed by atoms with Gasteiger partial charge in [-0.1, -0.05) is 49.6 Å². The van der Waals surface area contributed by atoms with Gasteiger partial charge in [-0.25, -0.2) is 17.1 Å². The smallest absolute Gasteiger partial charge is 0.269 e. The number of hydrogen-bond acceptors (Lipinski definition) is 6. The topological polar surface area (TPSA) is 104 Å². The fourth-order valence-corrected chi connectivity index (χ4v) is 7.36. The summed E-state index contributed by atoms with van der Waals surface area (Å²) in [6.07, 6.45) is 4.70. The Morgan fingerprint density at radius 2 is 1.74 bits per heavy atom. The first-order valence-corrected chi connectivity index (χ1v) is 15.1. The average molecular weight is 570 g/mol. The third kappa shape index (κ3) is 5.60. The second-order valence-corrected chi connectivity index (χ2v) is 12.6. The molecule has 8 nitrogen and oxygen atoms in total. The summed E-state index contributed by atoms with van der Waals surface area (Å²) in [7, 11) is -4.24. The van der Waals surface area contributed by atoms with Gasteiger partial charge in [-0.3, -0.25) is 14.4 Å². The number of fused-ring (bicyclic) bond motifs is 1. The summed E-state index contributed by atoms with van der Waals surface area (Å²) in [6.45, 7) is -0.763. The molecule has 0 radical (unpaired) electrons. The SMILES string of the molecule is O=C(NC1CCCCC1)[C@@H](c1ccc(F)cc1)N(Cc1cccs1)C(=O)CN1C(=O)c2ccccc2S1(=O)=O. The van der Waals surface area contributed by atoms with Crippen LogP contribution in [-0.2, 0) is 26.2 Å². The Morgan fingerprint density at radius 3 is 2.41 bits per heavy atom. The normalized spacial score (nSPS) is 17.5. The summed E-state index contributed by atoms with van der Waals surface area (Å²) in [6, 6.07) is 13.5. The van der Waals surface area contributed by atoms with Crippen LogP contribution < -0.4 is 5.32 Å². The summed E-state index contributed by atoms with van der Waals surface area (Å²) >= 11 is 1.38. The summed E-state index contributed by atoms with van der Waals surface area (Å²) in [5.41, 5.74) is 0.383. The lowest BCUT2D eigenvalue weighted by molar-refractivity contribution is -0.141. The van der Waals surface area contributed by atoms with Gasteiger partial charge in [0.2, 0.25) is 11.8 Å². The number of nitrogens with zero attached hydrogens (tertiary/aromatic N) is 2. The van der Waals surface area contributed by atoms with Crippen LogP contribution in [0.3, 0.4) is 0 Å². The summed E-state index contributed by atoms with van der Waals surface area (Å²) < 4.78 is 40.7. The lowest BCUT2D eigenvalue weighted by Gasteiger charge is -2.34. The van der Waals surface area contributed by atoms with Gasteiger partial charge < -0.3 is 10.2 Å². The monoisotopic (exact) mass is 569 g/mol. The number of rotatable bonds is 8. The molecule has 2 aromatic carbocycles. The minimum Gasteiger partial charge on any atom is -0.351 e. The molecule has 0 bridgehead atoms. The van der Waals surface area contributed by atoms with E-state index in [-0.39, 0.29) is 23.0 Å². The van der Waals surface area contributed by atoms with Crippen LogP contribution in [0.2, 0.25) is 0 Å². The van der Waals surface area contributed by atoms with Crippen molar-refractivity contribution in [3.8, 4) is 0 Å². The molecule has 5 rings (SSSR count). The average Bonchev–Trinajstić information content (AvgIpc) is 3.51. The maximum Gasteiger partial charge on any atom is 0.269 e. The predicted molar refractivity (Wildman–Crippen MR) is 144 cm³/mol. The van der Waals surface area contributed by atoms with Crippen LogP contribution >= 0.6 is 11.3 Å². The number of nitrogens with one attached hydrogen (secondary N) is 1. The third-order valence-corrected chi connectivity index (χ3v) is 9.76. The van der Waals surface area contributed by atoms with Crippen LogP contribution in [0.25, 0.3) is 0 Å². The highest BCUT2D eigenvalue weighted by Gasteiger charge is 2.43. The molecule has 204 valence electrons. The molecule has 1 N–H and O–H groups in total. The third-order valence-electron chi connectivity index (χ3n) is 7.11. The van der Waals surface area contributed by atoms with Gasteiger partial charge in [0.05, 0.1) is 12.1 Å². The molecule has 0 saturated heterocycles. The van der Waals surface area contributed by atoms with Crippen molar-refractivity contribution in [2.45, 2.75) is 55.6 Å². The lowest BCUT2D eigenvalue weighted by atomic mass is 9.94. The van der Waals surface area contributed by atoms with Crippen molar-refractivity contribution in [2.75, 3.05) is 6.54 Å². The summed E-state index contributed by atoms with van der Waals surface area (Å²) in [5.74, 6) is -2.44. The Kier molecular flexibility index (Phi) is 7.81. The minimum absolute atomic E-state index is 0.000216. The molecule has 2 heterocycles. The van der Waals surface area contributed by atoms with E-state index >= 15 is 0 Å². The minimum atomic E-state index is -4.24. The van der Waals surface area contributed by atoms with Crippen LogP contribution in [0, 0.1) is 5.82 Å². The zero-order chi connectivity index (χ0) is 27.6. The molecule has 1 aliphatic heterocycles. The first kappa shape index (κ1) is 27.0. The van der Waals surface area contributed by atoms with Crippen molar-refractivity contribution in [1.29, 1.82) is 0 Å². The van der Waals surface area contributed by atoms with Crippen molar-refractivity contribution in [3.05, 3.63) is 87.9 Å². The fourth-order valence-electron chi connectivity index (χ4n) is 5.14. The van der Waals surface area contributed by atoms with Crippen LogP contribution in [0.4, 0.5) is 4.39 Å². The Hall–Kier alpha value is -3.57. The molecule has 1 fully saturated rings. The first-order chi connectivity index (χ1) is 18.8. The van der Waals surface area contributed by atoms with E-state index < -0.39 is 46.1 Å². The van der Waals surface area contributed by atoms with E-state index in [4.69, 9.17) is 0 Å². The van der Waals surface area contributed by atoms with Crippen molar-refractivity contribution < 1.29 is 27.2 Å². The predicted octanol–water partition coefficient (Wildman–Crippen LogP) is 4.25. The van der Waals surface area contributed by atoms with E-state index in [0.717, 1.165) is 37.0 Å². The molecule has 1 aliphatic carbocycles. The van der Waals surface area contributed by atoms with E-state index in [1.807, 2.05) is 11.4 Å². The number of carbonyl (C=O) groups is 3. The zero-order valence-corrected chi connectivity index (χ0v) is 22.7. The van der Waals surface area contributed by atoms with E-state index in [9.17, 15) is 27.2 Å². The molecule has 2 aliphatic rings. The largest absolute Gasteiger partial charge is 0.351 e. The van der Waals surface area contributed by atoms with E-state index in [0.29, 0.717) is 9.87 Å². The summed E-state index contributed by atoms with van der Waals surface area (Å²) in [5, 5.41) is 4.89. The molecular formula is C28H28FN3O5S2. The number of hydrogen-bond donors (Lipinski definition) is 1. The molecule has 3 amide bonds. The standard InChI is InChI=1S/C28H28FN3O5S2/c29-20-14-12-19(13-15-20)26(27(34)30-21-7-2-1-3-8-21)31(17-22-9-6-16-38-22)25(33)18-32-28(35)23-10-4-5-11-24(23)39(32,36)37/h4-6,9-16,21,26H,1-3,7-8,17-18H2,(H,30,34)/t26-/m1/s1. The molecule has 1 atom stereocenters. The maximum absolute atomic E-state index is 13.9. The van der Waals surface area contributed by atoms with Crippen LogP contribution in [-0.4, -0.2) is 47.9 Å². The lowest BCUT2D eigenvalue weighted by Crippen LogP contribution is -2.49. The van der Waals surface area contributed by atoms with Gasteiger partial charge in [0.25, 0.3) is 15.9 Å². The highest BCUT2D eigenvalue weighted by Crippen LogP contribution is 2.32. The van der Waals surface area contributed by atoms with Crippen LogP contribution in [0.15, 0.2) is 70.9 Å². The Bertz CT molecular complexity index is 1470. The molecule has 1 saturated carbocycles. The van der Waals surface area contributed by atoms with Gasteiger partial charge in [0, 0.05) is 10.9 Å². The number of thiophene rings is 1. The fraction of sp³-hybridized carbons (Fsp3) is 0.321. The molecule has 1 aromatic heterocycles. The maximum atomic E-state index is 13.9. The quantitative estimate of drug-likeness (QED) is 0.437. The van der Waals surface area contributed by atoms with Crippen molar-refractivity contribution in [1.82, 2.24) is 14.5 Å². The molecule has 11 heteroatoms. The van der Waals surface area contributed by atoms with Gasteiger partial charge in [-0.05, 0) is 54.1 Å². The van der Waals surface area contributed by atoms with Crippen LogP contribution in [0.1, 0.15) is 58.9 Å². The first-order valence-electron chi connectivity index (χ1n) is 12.8. The Morgan fingerprint density at radius 1 is 1.03 bits per heavy atom. The van der Waals surface area contributed by atoms with Gasteiger partial charge >= 0.3 is 0 Å². The number of halogens is 1. The molecule has 39 heavy (non-hydrogen) atoms. The van der Waals surface area contributed by atoms with Crippen LogP contribution in [0.5, 0.6) is 0 Å². The highest BCUT2D eigenvalue weighted by atomic mass is 32.2. The highest BCUT2D eigenvalue weighted by molar-refractivity contribution is 7.90. The molecule has 0 spiro atoms. The molecular weight excluding hydrogens is 541 g/mol. The second-order valence-electron chi connectivity index (χ2n) is 9.71. The van der Waals surface area contributed by atoms with Crippen molar-refractivity contribution in [2.24, 2.45) is 0 Å². The number of carbonyl (C=O) groups excluding carboxylic acids is 3. The summed E-state index contributed by atoms with van der Waals surface area (Å²) in [4.78, 5) is 42.6. The van der Waals surface area contributed by atoms with Gasteiger partial charge in [-0.2, -0.15) is 0 Å². The van der Waals surface area contributed by atoms with E-state index in [1.165, 1.54) is 58.7 Å². The van der Waals surface area contributed by atoms with Gasteiger partial charge in [0.1, 0.15) is 23.3 Å². The Balaban J connectivity index is 1.50. The van der Waals surface area contributed by atoms with Gasteiger partial charge in [0.15, 0.2) is 0 Å². The second kappa shape index (κ2) is 11.3. The number of amides is 3. The van der Waals surface area contributed by atoms with Crippen molar-refractivity contribution >= 4 is 39.1 Å². The number of sulfonamides is 1. The van der Waals surface area contributed by atoms with Gasteiger partial charge in [-0.15, -0.1) is 11.3 Å². The molecule has 3 aromatic rings. The van der Waals surface area contributed by atoms with E-state index in [2.05, 4.69) is 5.32 Å². The number of benzene rings is 2. The zero-order valence-electron chi connectivity index (χ0n) is 21.1. The Labute approximate surface area is 230 Å².